The van der Waals surface area contributed by atoms with Crippen molar-refractivity contribution in [3.8, 4) is 0 Å². The number of hydrogen-bond acceptors (Lipinski definition) is 2. The van der Waals surface area contributed by atoms with E-state index in [1.54, 1.807) is 0 Å². The van der Waals surface area contributed by atoms with Crippen molar-refractivity contribution in [1.29, 1.82) is 0 Å². The van der Waals surface area contributed by atoms with Gasteiger partial charge in [0.25, 0.3) is 0 Å². The van der Waals surface area contributed by atoms with E-state index >= 15 is 0 Å². The molecular weight excluding hydrogens is 340 g/mol. The molecule has 0 bridgehead atoms. The largest absolute Gasteiger partial charge is 0.353 e. The molecule has 0 spiro atoms. The van der Waals surface area contributed by atoms with Crippen LogP contribution in [-0.2, 0) is 10.2 Å². The fourth-order valence-electron chi connectivity index (χ4n) is 2.24. The number of halogens is 1. The maximum Gasteiger partial charge on any atom is 0.230 e. The molecule has 0 radical (unpaired) electrons. The second-order valence-corrected chi connectivity index (χ2v) is 6.77. The van der Waals surface area contributed by atoms with Crippen LogP contribution in [0.3, 0.4) is 0 Å². The minimum Gasteiger partial charge on any atom is -0.353 e. The Labute approximate surface area is 140 Å². The monoisotopic (exact) mass is 360 g/mol. The van der Waals surface area contributed by atoms with Gasteiger partial charge in [0, 0.05) is 17.1 Å². The average Bonchev–Trinajstić information content (AvgIpc) is 2.53. The van der Waals surface area contributed by atoms with Crippen molar-refractivity contribution in [2.45, 2.75) is 25.3 Å². The Morgan fingerprint density at radius 1 is 1.14 bits per heavy atom. The van der Waals surface area contributed by atoms with Gasteiger partial charge in [0.15, 0.2) is 0 Å². The summed E-state index contributed by atoms with van der Waals surface area (Å²) in [7, 11) is 0. The van der Waals surface area contributed by atoms with E-state index in [2.05, 4.69) is 21.2 Å². The molecule has 2 aromatic carbocycles. The van der Waals surface area contributed by atoms with Gasteiger partial charge in [-0.05, 0) is 37.1 Å². The first-order chi connectivity index (χ1) is 10.4. The van der Waals surface area contributed by atoms with Gasteiger partial charge in [-0.1, -0.05) is 58.4 Å². The molecule has 0 aromatic heterocycles. The zero-order valence-corrected chi connectivity index (χ0v) is 14.4. The van der Waals surface area contributed by atoms with E-state index in [1.807, 2.05) is 68.4 Å². The summed E-state index contributed by atoms with van der Waals surface area (Å²) < 4.78 is 0.999. The molecule has 2 aromatic rings. The van der Waals surface area contributed by atoms with Crippen LogP contribution in [0.25, 0.3) is 0 Å². The summed E-state index contributed by atoms with van der Waals surface area (Å²) in [5.74, 6) is -0.0267. The summed E-state index contributed by atoms with van der Waals surface area (Å²) in [5.41, 5.74) is 7.52. The van der Waals surface area contributed by atoms with Crippen molar-refractivity contribution in [3.05, 3.63) is 70.2 Å². The van der Waals surface area contributed by atoms with Crippen molar-refractivity contribution >= 4 is 21.8 Å². The van der Waals surface area contributed by atoms with E-state index in [0.29, 0.717) is 6.54 Å². The zero-order chi connectivity index (χ0) is 16.2. The highest BCUT2D eigenvalue weighted by molar-refractivity contribution is 9.10. The highest BCUT2D eigenvalue weighted by atomic mass is 79.9. The predicted molar refractivity (Wildman–Crippen MR) is 93.5 cm³/mol. The van der Waals surface area contributed by atoms with E-state index in [-0.39, 0.29) is 11.9 Å². The lowest BCUT2D eigenvalue weighted by Crippen LogP contribution is -2.42. The molecule has 4 heteroatoms. The smallest absolute Gasteiger partial charge is 0.230 e. The molecule has 0 fully saturated rings. The first kappa shape index (κ1) is 16.7. The van der Waals surface area contributed by atoms with Gasteiger partial charge in [-0.2, -0.15) is 0 Å². The lowest BCUT2D eigenvalue weighted by atomic mass is 9.83. The number of amides is 1. The highest BCUT2D eigenvalue weighted by Crippen LogP contribution is 2.25. The summed E-state index contributed by atoms with van der Waals surface area (Å²) in [6, 6.07) is 17.4. The Kier molecular flexibility index (Phi) is 5.37. The Hall–Kier alpha value is -1.65. The molecule has 0 heterocycles. The fraction of sp³-hybridized carbons (Fsp3) is 0.278. The van der Waals surface area contributed by atoms with Crippen molar-refractivity contribution in [3.63, 3.8) is 0 Å². The molecule has 3 N–H and O–H groups in total. The SMILES string of the molecule is CC(C)(C(=O)NCC(N)c1ccccc1)c1ccc(Br)cc1. The number of nitrogens with one attached hydrogen (secondary N) is 1. The molecule has 0 aliphatic heterocycles. The molecule has 116 valence electrons. The van der Waals surface area contributed by atoms with Gasteiger partial charge in [0.05, 0.1) is 5.41 Å². The van der Waals surface area contributed by atoms with Gasteiger partial charge in [-0.25, -0.2) is 0 Å². The molecule has 0 aliphatic carbocycles. The number of nitrogens with two attached hydrogens (primary N) is 1. The van der Waals surface area contributed by atoms with Gasteiger partial charge in [-0.15, -0.1) is 0 Å². The van der Waals surface area contributed by atoms with Crippen LogP contribution in [-0.4, -0.2) is 12.5 Å². The zero-order valence-electron chi connectivity index (χ0n) is 12.8. The lowest BCUT2D eigenvalue weighted by molar-refractivity contribution is -0.125. The molecule has 1 amide bonds. The van der Waals surface area contributed by atoms with Gasteiger partial charge in [0.1, 0.15) is 0 Å². The molecule has 2 rings (SSSR count). The van der Waals surface area contributed by atoms with Gasteiger partial charge in [0.2, 0.25) is 5.91 Å². The summed E-state index contributed by atoms with van der Waals surface area (Å²) in [5, 5.41) is 2.96. The van der Waals surface area contributed by atoms with Gasteiger partial charge < -0.3 is 11.1 Å². The number of rotatable bonds is 5. The lowest BCUT2D eigenvalue weighted by Gasteiger charge is -2.25. The highest BCUT2D eigenvalue weighted by Gasteiger charge is 2.29. The standard InChI is InChI=1S/C18H21BrN2O/c1-18(2,14-8-10-15(19)11-9-14)17(22)21-12-16(20)13-6-4-3-5-7-13/h3-11,16H,12,20H2,1-2H3,(H,21,22). The van der Waals surface area contributed by atoms with Gasteiger partial charge >= 0.3 is 0 Å². The van der Waals surface area contributed by atoms with Crippen LogP contribution >= 0.6 is 15.9 Å². The Balaban J connectivity index is 2.00. The fourth-order valence-corrected chi connectivity index (χ4v) is 2.50. The van der Waals surface area contributed by atoms with Crippen LogP contribution in [0.2, 0.25) is 0 Å². The molecular formula is C18H21BrN2O. The van der Waals surface area contributed by atoms with Crippen LogP contribution in [0.15, 0.2) is 59.1 Å². The molecule has 0 saturated heterocycles. The van der Waals surface area contributed by atoms with Crippen molar-refractivity contribution in [1.82, 2.24) is 5.32 Å². The third-order valence-corrected chi connectivity index (χ3v) is 4.37. The minimum absolute atomic E-state index is 0.0267. The average molecular weight is 361 g/mol. The first-order valence-corrected chi connectivity index (χ1v) is 8.05. The van der Waals surface area contributed by atoms with Gasteiger partial charge in [-0.3, -0.25) is 4.79 Å². The van der Waals surface area contributed by atoms with E-state index in [9.17, 15) is 4.79 Å². The van der Waals surface area contributed by atoms with Crippen LogP contribution in [0, 0.1) is 0 Å². The number of hydrogen-bond donors (Lipinski definition) is 2. The topological polar surface area (TPSA) is 55.1 Å². The summed E-state index contributed by atoms with van der Waals surface area (Å²) in [6.07, 6.45) is 0. The number of carbonyl (C=O) groups is 1. The first-order valence-electron chi connectivity index (χ1n) is 7.26. The number of benzene rings is 2. The Bertz CT molecular complexity index is 623. The summed E-state index contributed by atoms with van der Waals surface area (Å²) in [4.78, 5) is 12.5. The van der Waals surface area contributed by atoms with Crippen molar-refractivity contribution in [2.24, 2.45) is 5.73 Å². The molecule has 22 heavy (non-hydrogen) atoms. The quantitative estimate of drug-likeness (QED) is 0.856. The second kappa shape index (κ2) is 7.07. The molecule has 1 unspecified atom stereocenters. The molecule has 3 nitrogen and oxygen atoms in total. The third-order valence-electron chi connectivity index (χ3n) is 3.84. The van der Waals surface area contributed by atoms with Crippen LogP contribution in [0.4, 0.5) is 0 Å². The summed E-state index contributed by atoms with van der Waals surface area (Å²) in [6.45, 7) is 4.25. The maximum absolute atomic E-state index is 12.5. The predicted octanol–water partition coefficient (Wildman–Crippen LogP) is 3.54. The maximum atomic E-state index is 12.5. The number of carbonyl (C=O) groups excluding carboxylic acids is 1. The molecule has 0 aliphatic rings. The summed E-state index contributed by atoms with van der Waals surface area (Å²) >= 11 is 3.41. The van der Waals surface area contributed by atoms with E-state index in [1.165, 1.54) is 0 Å². The Morgan fingerprint density at radius 3 is 2.32 bits per heavy atom. The normalized spacial score (nSPS) is 12.7. The molecule has 0 saturated carbocycles. The minimum atomic E-state index is -0.600. The second-order valence-electron chi connectivity index (χ2n) is 5.86. The van der Waals surface area contributed by atoms with E-state index in [0.717, 1.165) is 15.6 Å². The molecule has 1 atom stereocenters. The third kappa shape index (κ3) is 3.96. The van der Waals surface area contributed by atoms with Crippen LogP contribution in [0.5, 0.6) is 0 Å². The van der Waals surface area contributed by atoms with Crippen LogP contribution < -0.4 is 11.1 Å². The Morgan fingerprint density at radius 2 is 1.73 bits per heavy atom. The van der Waals surface area contributed by atoms with E-state index in [4.69, 9.17) is 5.73 Å². The van der Waals surface area contributed by atoms with Crippen LogP contribution in [0.1, 0.15) is 31.0 Å². The van der Waals surface area contributed by atoms with Crippen molar-refractivity contribution in [2.75, 3.05) is 6.54 Å². The van der Waals surface area contributed by atoms with E-state index < -0.39 is 5.41 Å². The van der Waals surface area contributed by atoms with Crippen molar-refractivity contribution < 1.29 is 4.79 Å².